The largest absolute Gasteiger partial charge is 0.273 e. The normalized spacial score (nSPS) is 11.2. The molecule has 2 aromatic carbocycles. The molecule has 0 atom stereocenters. The molecule has 0 aromatic heterocycles. The smallest absolute Gasteiger partial charge is 0.266 e. The molecule has 0 spiro atoms. The number of rotatable bonds is 5. The van der Waals surface area contributed by atoms with Gasteiger partial charge in [0.2, 0.25) is 0 Å². The lowest BCUT2D eigenvalue weighted by atomic mass is 10.1. The molecule has 2 rings (SSSR count). The van der Waals surface area contributed by atoms with Gasteiger partial charge in [-0.15, -0.1) is 4.83 Å². The molecule has 2 N–H and O–H groups in total. The number of amides is 1. The van der Waals surface area contributed by atoms with Gasteiger partial charge in [-0.3, -0.25) is 10.2 Å². The van der Waals surface area contributed by atoms with Crippen molar-refractivity contribution in [3.63, 3.8) is 0 Å². The van der Waals surface area contributed by atoms with Crippen LogP contribution in [0.3, 0.4) is 0 Å². The van der Waals surface area contributed by atoms with Crippen molar-refractivity contribution in [1.29, 1.82) is 0 Å². The highest BCUT2D eigenvalue weighted by atomic mass is 32.2. The molecule has 0 unspecified atom stereocenters. The van der Waals surface area contributed by atoms with Gasteiger partial charge in [-0.25, -0.2) is 8.42 Å². The summed E-state index contributed by atoms with van der Waals surface area (Å²) in [5, 5.41) is 0. The standard InChI is InChI=1S/C16H18N2O3S/c1-3-13-6-10-15(11-7-13)22(20,21)18-17-16(19)14-8-4-12(2)5-9-14/h4-11,18H,3H2,1-2H3,(H,17,19). The first kappa shape index (κ1) is 16.2. The van der Waals surface area contributed by atoms with Crippen LogP contribution in [0.25, 0.3) is 0 Å². The number of benzene rings is 2. The van der Waals surface area contributed by atoms with E-state index in [1.54, 1.807) is 36.4 Å². The minimum absolute atomic E-state index is 0.105. The molecule has 0 bridgehead atoms. The Labute approximate surface area is 130 Å². The van der Waals surface area contributed by atoms with Crippen molar-refractivity contribution in [2.75, 3.05) is 0 Å². The summed E-state index contributed by atoms with van der Waals surface area (Å²) in [4.78, 5) is 14.1. The minimum Gasteiger partial charge on any atom is -0.273 e. The zero-order chi connectivity index (χ0) is 16.2. The second-order valence-electron chi connectivity index (χ2n) is 4.92. The van der Waals surface area contributed by atoms with Crippen LogP contribution in [0.4, 0.5) is 0 Å². The van der Waals surface area contributed by atoms with E-state index in [1.165, 1.54) is 12.1 Å². The molecular weight excluding hydrogens is 300 g/mol. The molecule has 6 heteroatoms. The minimum atomic E-state index is -3.78. The van der Waals surface area contributed by atoms with Crippen LogP contribution in [0, 0.1) is 6.92 Å². The van der Waals surface area contributed by atoms with Crippen molar-refractivity contribution in [3.8, 4) is 0 Å². The zero-order valence-corrected chi connectivity index (χ0v) is 13.3. The van der Waals surface area contributed by atoms with Crippen LogP contribution in [0.15, 0.2) is 53.4 Å². The monoisotopic (exact) mass is 318 g/mol. The zero-order valence-electron chi connectivity index (χ0n) is 12.5. The van der Waals surface area contributed by atoms with Crippen LogP contribution < -0.4 is 10.3 Å². The second kappa shape index (κ2) is 6.72. The van der Waals surface area contributed by atoms with Crippen molar-refractivity contribution in [1.82, 2.24) is 10.3 Å². The quantitative estimate of drug-likeness (QED) is 0.830. The third kappa shape index (κ3) is 3.93. The summed E-state index contributed by atoms with van der Waals surface area (Å²) in [6, 6.07) is 13.4. The molecule has 0 fully saturated rings. The van der Waals surface area contributed by atoms with Gasteiger partial charge in [-0.2, -0.15) is 0 Å². The van der Waals surface area contributed by atoms with Gasteiger partial charge in [-0.05, 0) is 43.2 Å². The summed E-state index contributed by atoms with van der Waals surface area (Å²) < 4.78 is 24.2. The highest BCUT2D eigenvalue weighted by molar-refractivity contribution is 7.89. The van der Waals surface area contributed by atoms with Gasteiger partial charge in [0.1, 0.15) is 0 Å². The molecule has 0 aliphatic heterocycles. The average molecular weight is 318 g/mol. The molecule has 22 heavy (non-hydrogen) atoms. The van der Waals surface area contributed by atoms with E-state index >= 15 is 0 Å². The summed E-state index contributed by atoms with van der Waals surface area (Å²) in [5.41, 5.74) is 4.66. The Balaban J connectivity index is 2.05. The third-order valence-electron chi connectivity index (χ3n) is 3.25. The number of hydrogen-bond donors (Lipinski definition) is 2. The fourth-order valence-electron chi connectivity index (χ4n) is 1.85. The molecule has 5 nitrogen and oxygen atoms in total. The van der Waals surface area contributed by atoms with Crippen LogP contribution >= 0.6 is 0 Å². The van der Waals surface area contributed by atoms with E-state index in [1.807, 2.05) is 13.8 Å². The number of carbonyl (C=O) groups excluding carboxylic acids is 1. The van der Waals surface area contributed by atoms with E-state index in [0.29, 0.717) is 5.56 Å². The Bertz CT molecular complexity index is 751. The lowest BCUT2D eigenvalue weighted by Crippen LogP contribution is -2.41. The maximum absolute atomic E-state index is 12.1. The summed E-state index contributed by atoms with van der Waals surface area (Å²) in [6.07, 6.45) is 0.831. The summed E-state index contributed by atoms with van der Waals surface area (Å²) in [5.74, 6) is -0.506. The van der Waals surface area contributed by atoms with Crippen molar-refractivity contribution >= 4 is 15.9 Å². The molecule has 0 radical (unpaired) electrons. The van der Waals surface area contributed by atoms with Gasteiger partial charge in [-0.1, -0.05) is 36.8 Å². The van der Waals surface area contributed by atoms with Gasteiger partial charge >= 0.3 is 0 Å². The van der Waals surface area contributed by atoms with Crippen LogP contribution in [0.1, 0.15) is 28.4 Å². The summed E-state index contributed by atoms with van der Waals surface area (Å²) in [7, 11) is -3.78. The maximum atomic E-state index is 12.1. The van der Waals surface area contributed by atoms with Crippen LogP contribution in [-0.4, -0.2) is 14.3 Å². The van der Waals surface area contributed by atoms with E-state index in [0.717, 1.165) is 17.5 Å². The van der Waals surface area contributed by atoms with E-state index in [2.05, 4.69) is 10.3 Å². The SMILES string of the molecule is CCc1ccc(S(=O)(=O)NNC(=O)c2ccc(C)cc2)cc1. The highest BCUT2D eigenvalue weighted by Gasteiger charge is 2.15. The van der Waals surface area contributed by atoms with Crippen LogP contribution in [-0.2, 0) is 16.4 Å². The Morgan fingerprint density at radius 3 is 2.14 bits per heavy atom. The first-order valence-corrected chi connectivity index (χ1v) is 8.38. The van der Waals surface area contributed by atoms with Crippen molar-refractivity contribution in [2.45, 2.75) is 25.2 Å². The first-order chi connectivity index (χ1) is 10.4. The number of hydrazine groups is 1. The molecule has 0 heterocycles. The fourth-order valence-corrected chi connectivity index (χ4v) is 2.69. The van der Waals surface area contributed by atoms with E-state index in [4.69, 9.17) is 0 Å². The van der Waals surface area contributed by atoms with Gasteiger partial charge in [0.05, 0.1) is 4.90 Å². The maximum Gasteiger partial charge on any atom is 0.266 e. The average Bonchev–Trinajstić information content (AvgIpc) is 2.53. The number of aryl methyl sites for hydroxylation is 2. The molecule has 116 valence electrons. The van der Waals surface area contributed by atoms with E-state index < -0.39 is 15.9 Å². The topological polar surface area (TPSA) is 75.3 Å². The van der Waals surface area contributed by atoms with Gasteiger partial charge in [0, 0.05) is 5.56 Å². The number of carbonyl (C=O) groups is 1. The van der Waals surface area contributed by atoms with Gasteiger partial charge in [0.15, 0.2) is 0 Å². The predicted molar refractivity (Wildman–Crippen MR) is 84.8 cm³/mol. The molecule has 2 aromatic rings. The van der Waals surface area contributed by atoms with E-state index in [-0.39, 0.29) is 4.90 Å². The lowest BCUT2D eigenvalue weighted by Gasteiger charge is -2.09. The Morgan fingerprint density at radius 1 is 1.00 bits per heavy atom. The molecular formula is C16H18N2O3S. The van der Waals surface area contributed by atoms with E-state index in [9.17, 15) is 13.2 Å². The number of sulfonamides is 1. The molecule has 0 aliphatic rings. The van der Waals surface area contributed by atoms with Crippen molar-refractivity contribution in [3.05, 3.63) is 65.2 Å². The van der Waals surface area contributed by atoms with Crippen LogP contribution in [0.2, 0.25) is 0 Å². The van der Waals surface area contributed by atoms with Gasteiger partial charge in [0.25, 0.3) is 15.9 Å². The Kier molecular flexibility index (Phi) is 4.95. The number of hydrogen-bond acceptors (Lipinski definition) is 3. The number of nitrogens with one attached hydrogen (secondary N) is 2. The Hall–Kier alpha value is -2.18. The highest BCUT2D eigenvalue weighted by Crippen LogP contribution is 2.10. The van der Waals surface area contributed by atoms with Crippen molar-refractivity contribution in [2.24, 2.45) is 0 Å². The predicted octanol–water partition coefficient (Wildman–Crippen LogP) is 2.18. The van der Waals surface area contributed by atoms with Crippen molar-refractivity contribution < 1.29 is 13.2 Å². The molecule has 1 amide bonds. The molecule has 0 saturated heterocycles. The molecule has 0 aliphatic carbocycles. The fraction of sp³-hybridized carbons (Fsp3) is 0.188. The van der Waals surface area contributed by atoms with Gasteiger partial charge < -0.3 is 0 Å². The molecule has 0 saturated carbocycles. The van der Waals surface area contributed by atoms with Crippen LogP contribution in [0.5, 0.6) is 0 Å². The lowest BCUT2D eigenvalue weighted by molar-refractivity contribution is 0.0945. The first-order valence-electron chi connectivity index (χ1n) is 6.90. The summed E-state index contributed by atoms with van der Waals surface area (Å²) in [6.45, 7) is 3.90. The Morgan fingerprint density at radius 2 is 1.59 bits per heavy atom. The second-order valence-corrected chi connectivity index (χ2v) is 6.61. The summed E-state index contributed by atoms with van der Waals surface area (Å²) >= 11 is 0. The third-order valence-corrected chi connectivity index (χ3v) is 4.52.